The van der Waals surface area contributed by atoms with Crippen LogP contribution < -0.4 is 0 Å². The normalized spacial score (nSPS) is 43.0. The summed E-state index contributed by atoms with van der Waals surface area (Å²) < 4.78 is 5.71. The molecule has 0 bridgehead atoms. The number of carbonyl (C=O) groups is 3. The van der Waals surface area contributed by atoms with Crippen molar-refractivity contribution in [3.8, 4) is 0 Å². The van der Waals surface area contributed by atoms with E-state index < -0.39 is 16.6 Å². The largest absolute Gasteiger partial charge is 0.381 e. The molecule has 0 unspecified atom stereocenters. The standard InChI is InChI=1S/C25H34O5/c1-14-10-19-18-8-6-15-11-16(26)7-9-17(15)22(18)20(27)12-24(19,5)25(14,29)21(28)13-30-23(2,3)4/h7,9,11,14,17-19,22,29H,6,8,10,12-13H2,1-5H3/t14-,17+,18+,19+,22-,24+,25+/m1/s1. The lowest BCUT2D eigenvalue weighted by Gasteiger charge is -2.53. The van der Waals surface area contributed by atoms with E-state index in [1.165, 1.54) is 0 Å². The number of aliphatic hydroxyl groups is 1. The van der Waals surface area contributed by atoms with Gasteiger partial charge >= 0.3 is 0 Å². The topological polar surface area (TPSA) is 80.7 Å². The van der Waals surface area contributed by atoms with Gasteiger partial charge in [-0.15, -0.1) is 0 Å². The van der Waals surface area contributed by atoms with Crippen molar-refractivity contribution in [2.45, 2.75) is 71.5 Å². The van der Waals surface area contributed by atoms with Crippen molar-refractivity contribution in [2.75, 3.05) is 6.61 Å². The van der Waals surface area contributed by atoms with Crippen molar-refractivity contribution in [3.63, 3.8) is 0 Å². The van der Waals surface area contributed by atoms with E-state index in [1.807, 2.05) is 40.7 Å². The highest BCUT2D eigenvalue weighted by Gasteiger charge is 2.69. The van der Waals surface area contributed by atoms with Crippen LogP contribution in [0.3, 0.4) is 0 Å². The van der Waals surface area contributed by atoms with Crippen LogP contribution >= 0.6 is 0 Å². The summed E-state index contributed by atoms with van der Waals surface area (Å²) in [7, 11) is 0. The fraction of sp³-hybridized carbons (Fsp3) is 0.720. The first-order valence-corrected chi connectivity index (χ1v) is 11.2. The summed E-state index contributed by atoms with van der Waals surface area (Å²) in [6.45, 7) is 9.39. The molecule has 0 aromatic rings. The van der Waals surface area contributed by atoms with E-state index in [0.717, 1.165) is 24.8 Å². The van der Waals surface area contributed by atoms with Crippen LogP contribution in [0.2, 0.25) is 0 Å². The van der Waals surface area contributed by atoms with Gasteiger partial charge in [-0.05, 0) is 69.9 Å². The molecule has 0 radical (unpaired) electrons. The Morgan fingerprint density at radius 1 is 1.30 bits per heavy atom. The van der Waals surface area contributed by atoms with Crippen molar-refractivity contribution < 1.29 is 24.2 Å². The zero-order valence-corrected chi connectivity index (χ0v) is 18.7. The molecule has 0 saturated heterocycles. The maximum atomic E-state index is 13.4. The highest BCUT2D eigenvalue weighted by atomic mass is 16.5. The summed E-state index contributed by atoms with van der Waals surface area (Å²) >= 11 is 0. The number of hydrogen-bond acceptors (Lipinski definition) is 5. The molecular weight excluding hydrogens is 380 g/mol. The van der Waals surface area contributed by atoms with Crippen molar-refractivity contribution in [2.24, 2.45) is 35.0 Å². The Morgan fingerprint density at radius 2 is 2.00 bits per heavy atom. The molecule has 7 atom stereocenters. The fourth-order valence-corrected chi connectivity index (χ4v) is 6.94. The van der Waals surface area contributed by atoms with E-state index in [2.05, 4.69) is 0 Å². The molecule has 0 heterocycles. The van der Waals surface area contributed by atoms with E-state index in [4.69, 9.17) is 4.74 Å². The Kier molecular flexibility index (Phi) is 5.02. The zero-order chi connectivity index (χ0) is 22.1. The van der Waals surface area contributed by atoms with E-state index in [1.54, 1.807) is 12.2 Å². The molecule has 1 N–H and O–H groups in total. The molecule has 3 saturated carbocycles. The SMILES string of the molecule is C[C@@H]1C[C@H]2[C@@H]3CCC4=CC(=O)C=C[C@@H]4[C@H]3C(=O)C[C@]2(C)[C@@]1(O)C(=O)COC(C)(C)C. The van der Waals surface area contributed by atoms with E-state index in [0.29, 0.717) is 0 Å². The van der Waals surface area contributed by atoms with Crippen LogP contribution in [0.15, 0.2) is 23.8 Å². The molecule has 4 aliphatic carbocycles. The van der Waals surface area contributed by atoms with Gasteiger partial charge in [0.05, 0.1) is 5.60 Å². The van der Waals surface area contributed by atoms with Gasteiger partial charge in [-0.25, -0.2) is 0 Å². The molecular formula is C25H34O5. The molecule has 0 amide bonds. The predicted octanol–water partition coefficient (Wildman–Crippen LogP) is 3.44. The number of ether oxygens (including phenoxy) is 1. The third-order valence-electron chi connectivity index (χ3n) is 8.34. The maximum absolute atomic E-state index is 13.4. The average Bonchev–Trinajstić information content (AvgIpc) is 2.86. The van der Waals surface area contributed by atoms with Crippen LogP contribution in [0.1, 0.15) is 60.3 Å². The first-order valence-electron chi connectivity index (χ1n) is 11.2. The van der Waals surface area contributed by atoms with Crippen LogP contribution in [-0.4, -0.2) is 40.3 Å². The molecule has 0 aliphatic heterocycles. The van der Waals surface area contributed by atoms with Crippen LogP contribution in [0.4, 0.5) is 0 Å². The van der Waals surface area contributed by atoms with Crippen molar-refractivity contribution >= 4 is 17.3 Å². The van der Waals surface area contributed by atoms with E-state index >= 15 is 0 Å². The summed E-state index contributed by atoms with van der Waals surface area (Å²) in [5, 5.41) is 11.8. The second-order valence-corrected chi connectivity index (χ2v) is 11.1. The van der Waals surface area contributed by atoms with Gasteiger partial charge in [0.25, 0.3) is 0 Å². The third kappa shape index (κ3) is 3.08. The number of ketones is 3. The number of allylic oxidation sites excluding steroid dienone is 4. The van der Waals surface area contributed by atoms with Crippen LogP contribution in [0.5, 0.6) is 0 Å². The molecule has 164 valence electrons. The minimum Gasteiger partial charge on any atom is -0.381 e. The first kappa shape index (κ1) is 21.6. The Balaban J connectivity index is 1.65. The third-order valence-corrected chi connectivity index (χ3v) is 8.34. The van der Waals surface area contributed by atoms with Gasteiger partial charge < -0.3 is 9.84 Å². The van der Waals surface area contributed by atoms with Gasteiger partial charge in [0, 0.05) is 23.7 Å². The maximum Gasteiger partial charge on any atom is 0.190 e. The Hall–Kier alpha value is -1.59. The minimum atomic E-state index is -1.56. The van der Waals surface area contributed by atoms with E-state index in [-0.39, 0.29) is 60.0 Å². The minimum absolute atomic E-state index is 0.00102. The lowest BCUT2D eigenvalue weighted by Crippen LogP contribution is -2.61. The van der Waals surface area contributed by atoms with E-state index in [9.17, 15) is 19.5 Å². The van der Waals surface area contributed by atoms with Crippen LogP contribution in [-0.2, 0) is 19.1 Å². The Bertz CT molecular complexity index is 846. The molecule has 4 aliphatic rings. The number of fused-ring (bicyclic) bond motifs is 5. The molecule has 5 nitrogen and oxygen atoms in total. The second kappa shape index (κ2) is 6.96. The zero-order valence-electron chi connectivity index (χ0n) is 18.7. The van der Waals surface area contributed by atoms with Crippen molar-refractivity contribution in [1.82, 2.24) is 0 Å². The molecule has 30 heavy (non-hydrogen) atoms. The molecule has 5 heteroatoms. The molecule has 0 aromatic heterocycles. The summed E-state index contributed by atoms with van der Waals surface area (Å²) in [6.07, 6.45) is 7.75. The highest BCUT2D eigenvalue weighted by Crippen LogP contribution is 2.65. The van der Waals surface area contributed by atoms with Gasteiger partial charge in [0.1, 0.15) is 18.0 Å². The van der Waals surface area contributed by atoms with Gasteiger partial charge in [0.15, 0.2) is 11.6 Å². The van der Waals surface area contributed by atoms with Crippen LogP contribution in [0, 0.1) is 35.0 Å². The lowest BCUT2D eigenvalue weighted by molar-refractivity contribution is -0.175. The number of rotatable bonds is 3. The summed E-state index contributed by atoms with van der Waals surface area (Å²) in [5.41, 5.74) is -1.74. The predicted molar refractivity (Wildman–Crippen MR) is 113 cm³/mol. The monoisotopic (exact) mass is 414 g/mol. The fourth-order valence-electron chi connectivity index (χ4n) is 6.94. The number of Topliss-reactive ketones (excluding diaryl/α,β-unsaturated/α-hetero) is 2. The summed E-state index contributed by atoms with van der Waals surface area (Å²) in [6, 6.07) is 0. The molecule has 0 aromatic carbocycles. The Morgan fingerprint density at radius 3 is 2.67 bits per heavy atom. The number of hydrogen-bond donors (Lipinski definition) is 1. The average molecular weight is 415 g/mol. The molecule has 3 fully saturated rings. The van der Waals surface area contributed by atoms with Gasteiger partial charge in [-0.3, -0.25) is 14.4 Å². The van der Waals surface area contributed by atoms with Crippen LogP contribution in [0.25, 0.3) is 0 Å². The van der Waals surface area contributed by atoms with Gasteiger partial charge in [0.2, 0.25) is 0 Å². The van der Waals surface area contributed by atoms with Gasteiger partial charge in [-0.2, -0.15) is 0 Å². The number of carbonyl (C=O) groups excluding carboxylic acids is 3. The molecule has 0 spiro atoms. The first-order chi connectivity index (χ1) is 13.9. The molecule has 4 rings (SSSR count). The Labute approximate surface area is 178 Å². The quantitative estimate of drug-likeness (QED) is 0.765. The van der Waals surface area contributed by atoms with Gasteiger partial charge in [-0.1, -0.05) is 25.5 Å². The summed E-state index contributed by atoms with van der Waals surface area (Å²) in [5.74, 6) is -0.344. The van der Waals surface area contributed by atoms with Crippen molar-refractivity contribution in [1.29, 1.82) is 0 Å². The smallest absolute Gasteiger partial charge is 0.190 e. The second-order valence-electron chi connectivity index (χ2n) is 11.1. The van der Waals surface area contributed by atoms with Crippen molar-refractivity contribution in [3.05, 3.63) is 23.8 Å². The lowest BCUT2D eigenvalue weighted by atomic mass is 9.50. The highest BCUT2D eigenvalue weighted by molar-refractivity contribution is 6.01. The summed E-state index contributed by atoms with van der Waals surface area (Å²) in [4.78, 5) is 38.5.